The highest BCUT2D eigenvalue weighted by molar-refractivity contribution is 7.80. The highest BCUT2D eigenvalue weighted by atomic mass is 32.1. The first-order chi connectivity index (χ1) is 16.3. The maximum absolute atomic E-state index is 12.6. The van der Waals surface area contributed by atoms with E-state index in [0.29, 0.717) is 33.6 Å². The second-order valence-corrected chi connectivity index (χ2v) is 7.85. The maximum atomic E-state index is 12.6. The summed E-state index contributed by atoms with van der Waals surface area (Å²) >= 11 is 5.41. The van der Waals surface area contributed by atoms with E-state index in [0.717, 1.165) is 11.3 Å². The minimum absolute atomic E-state index is 0.271. The summed E-state index contributed by atoms with van der Waals surface area (Å²) in [6, 6.07) is 11.3. The van der Waals surface area contributed by atoms with Gasteiger partial charge in [-0.05, 0) is 43.8 Å². The largest absolute Gasteiger partial charge is 0.497 e. The van der Waals surface area contributed by atoms with Crippen molar-refractivity contribution in [3.05, 3.63) is 59.3 Å². The molecule has 1 aliphatic heterocycles. The van der Waals surface area contributed by atoms with Crippen LogP contribution in [-0.4, -0.2) is 49.9 Å². The van der Waals surface area contributed by atoms with Crippen molar-refractivity contribution in [2.75, 3.05) is 38.5 Å². The van der Waals surface area contributed by atoms with Gasteiger partial charge in [0.25, 0.3) is 0 Å². The molecule has 2 aromatic rings. The Bertz CT molecular complexity index is 1090. The lowest BCUT2D eigenvalue weighted by Crippen LogP contribution is -2.46. The molecule has 1 aliphatic rings. The number of carbonyl (C=O) groups excluding carboxylic acids is 2. The van der Waals surface area contributed by atoms with Crippen LogP contribution in [0.1, 0.15) is 25.5 Å². The number of urea groups is 1. The second kappa shape index (κ2) is 10.9. The highest BCUT2D eigenvalue weighted by Crippen LogP contribution is 2.31. The summed E-state index contributed by atoms with van der Waals surface area (Å²) in [4.78, 5) is 26.9. The standard InChI is InChI=1S/C24H28N4O5S/c1-6-33-22(29)20-14(2)28(3)24(34)27-21(20)15-7-9-16(10-8-15)25-23(30)26-17-11-18(31-4)13-19(12-17)32-5/h7-13,21H,6H2,1-5H3,(H,27,34)(H2,25,26,30). The third kappa shape index (κ3) is 5.57. The fraction of sp³-hybridized carbons (Fsp3) is 0.292. The van der Waals surface area contributed by atoms with Gasteiger partial charge in [0, 0.05) is 42.3 Å². The minimum atomic E-state index is -0.463. The van der Waals surface area contributed by atoms with Gasteiger partial charge in [0.05, 0.1) is 32.4 Å². The average Bonchev–Trinajstić information content (AvgIpc) is 2.82. The van der Waals surface area contributed by atoms with Crippen molar-refractivity contribution in [1.29, 1.82) is 0 Å². The monoisotopic (exact) mass is 484 g/mol. The second-order valence-electron chi connectivity index (χ2n) is 7.46. The average molecular weight is 485 g/mol. The zero-order valence-electron chi connectivity index (χ0n) is 19.7. The van der Waals surface area contributed by atoms with Gasteiger partial charge in [-0.1, -0.05) is 12.1 Å². The van der Waals surface area contributed by atoms with Crippen molar-refractivity contribution < 1.29 is 23.8 Å². The first-order valence-electron chi connectivity index (χ1n) is 10.6. The molecule has 0 bridgehead atoms. The summed E-state index contributed by atoms with van der Waals surface area (Å²) in [5, 5.41) is 9.24. The van der Waals surface area contributed by atoms with Crippen LogP contribution in [0, 0.1) is 0 Å². The Morgan fingerprint density at radius 3 is 2.18 bits per heavy atom. The van der Waals surface area contributed by atoms with Crippen molar-refractivity contribution in [3.63, 3.8) is 0 Å². The van der Waals surface area contributed by atoms with Crippen LogP contribution in [-0.2, 0) is 9.53 Å². The number of ether oxygens (including phenoxy) is 3. The summed E-state index contributed by atoms with van der Waals surface area (Å²) in [7, 11) is 4.87. The highest BCUT2D eigenvalue weighted by Gasteiger charge is 2.33. The van der Waals surface area contributed by atoms with E-state index in [1.165, 1.54) is 14.2 Å². The lowest BCUT2D eigenvalue weighted by Gasteiger charge is -2.35. The quantitative estimate of drug-likeness (QED) is 0.400. The Hall–Kier alpha value is -3.79. The van der Waals surface area contributed by atoms with Crippen molar-refractivity contribution >= 4 is 40.7 Å². The van der Waals surface area contributed by atoms with Gasteiger partial charge in [-0.25, -0.2) is 9.59 Å². The first-order valence-corrected chi connectivity index (χ1v) is 11.0. The third-order valence-corrected chi connectivity index (χ3v) is 5.75. The molecule has 0 aromatic heterocycles. The van der Waals surface area contributed by atoms with Crippen LogP contribution in [0.4, 0.5) is 16.2 Å². The van der Waals surface area contributed by atoms with Gasteiger partial charge in [-0.2, -0.15) is 0 Å². The molecular weight excluding hydrogens is 456 g/mol. The number of allylic oxidation sites excluding steroid dienone is 1. The molecule has 34 heavy (non-hydrogen) atoms. The van der Waals surface area contributed by atoms with Crippen molar-refractivity contribution in [3.8, 4) is 11.5 Å². The molecule has 2 amide bonds. The fourth-order valence-electron chi connectivity index (χ4n) is 3.49. The van der Waals surface area contributed by atoms with E-state index >= 15 is 0 Å². The van der Waals surface area contributed by atoms with E-state index in [1.807, 2.05) is 19.1 Å². The number of carbonyl (C=O) groups is 2. The first kappa shape index (κ1) is 24.8. The summed E-state index contributed by atoms with van der Waals surface area (Å²) < 4.78 is 15.7. The van der Waals surface area contributed by atoms with Crippen molar-refractivity contribution in [2.45, 2.75) is 19.9 Å². The number of benzene rings is 2. The zero-order valence-corrected chi connectivity index (χ0v) is 20.5. The van der Waals surface area contributed by atoms with Gasteiger partial charge in [0.1, 0.15) is 11.5 Å². The van der Waals surface area contributed by atoms with E-state index in [2.05, 4.69) is 16.0 Å². The van der Waals surface area contributed by atoms with Crippen LogP contribution in [0.3, 0.4) is 0 Å². The summed E-state index contributed by atoms with van der Waals surface area (Å²) in [5.41, 5.74) is 3.12. The molecule has 9 nitrogen and oxygen atoms in total. The van der Waals surface area contributed by atoms with Gasteiger partial charge in [-0.3, -0.25) is 0 Å². The van der Waals surface area contributed by atoms with E-state index in [1.54, 1.807) is 49.2 Å². The molecular formula is C24H28N4O5S. The molecule has 1 unspecified atom stereocenters. The number of esters is 1. The molecule has 3 N–H and O–H groups in total. The molecule has 0 radical (unpaired) electrons. The molecule has 0 saturated heterocycles. The Kier molecular flexibility index (Phi) is 7.95. The number of hydrogen-bond acceptors (Lipinski definition) is 6. The number of nitrogens with zero attached hydrogens (tertiary/aromatic N) is 1. The third-order valence-electron chi connectivity index (χ3n) is 5.36. The molecule has 0 fully saturated rings. The molecule has 3 rings (SSSR count). The number of amides is 2. The number of methoxy groups -OCH3 is 2. The molecule has 0 saturated carbocycles. The Morgan fingerprint density at radius 1 is 1.03 bits per heavy atom. The maximum Gasteiger partial charge on any atom is 0.338 e. The van der Waals surface area contributed by atoms with E-state index in [-0.39, 0.29) is 6.61 Å². The van der Waals surface area contributed by atoms with Crippen LogP contribution >= 0.6 is 12.2 Å². The molecule has 10 heteroatoms. The van der Waals surface area contributed by atoms with Gasteiger partial charge in [0.15, 0.2) is 5.11 Å². The smallest absolute Gasteiger partial charge is 0.338 e. The predicted molar refractivity (Wildman–Crippen MR) is 134 cm³/mol. The molecule has 1 heterocycles. The molecule has 1 atom stereocenters. The number of hydrogen-bond donors (Lipinski definition) is 3. The topological polar surface area (TPSA) is 101 Å². The Balaban J connectivity index is 1.76. The fourth-order valence-corrected chi connectivity index (χ4v) is 3.75. The molecule has 0 aliphatic carbocycles. The van der Waals surface area contributed by atoms with Gasteiger partial charge < -0.3 is 35.1 Å². The van der Waals surface area contributed by atoms with Crippen LogP contribution in [0.25, 0.3) is 0 Å². The molecule has 180 valence electrons. The van der Waals surface area contributed by atoms with Crippen LogP contribution in [0.2, 0.25) is 0 Å². The lowest BCUT2D eigenvalue weighted by molar-refractivity contribution is -0.139. The van der Waals surface area contributed by atoms with Gasteiger partial charge in [-0.15, -0.1) is 0 Å². The normalized spacial score (nSPS) is 15.4. The van der Waals surface area contributed by atoms with Gasteiger partial charge in [0.2, 0.25) is 0 Å². The zero-order chi connectivity index (χ0) is 24.8. The molecule has 2 aromatic carbocycles. The Labute approximate surface area is 204 Å². The molecule has 0 spiro atoms. The SMILES string of the molecule is CCOC(=O)C1=C(C)N(C)C(=S)NC1c1ccc(NC(=O)Nc2cc(OC)cc(OC)c2)cc1. The predicted octanol–water partition coefficient (Wildman–Crippen LogP) is 4.05. The summed E-state index contributed by atoms with van der Waals surface area (Å²) in [6.07, 6.45) is 0. The van der Waals surface area contributed by atoms with E-state index in [4.69, 9.17) is 26.4 Å². The number of rotatable bonds is 7. The Morgan fingerprint density at radius 2 is 1.62 bits per heavy atom. The van der Waals surface area contributed by atoms with Crippen LogP contribution in [0.15, 0.2) is 53.7 Å². The van der Waals surface area contributed by atoms with Crippen molar-refractivity contribution in [1.82, 2.24) is 10.2 Å². The van der Waals surface area contributed by atoms with Crippen molar-refractivity contribution in [2.24, 2.45) is 0 Å². The minimum Gasteiger partial charge on any atom is -0.497 e. The number of nitrogens with one attached hydrogen (secondary N) is 3. The van der Waals surface area contributed by atoms with Crippen LogP contribution in [0.5, 0.6) is 11.5 Å². The van der Waals surface area contributed by atoms with E-state index in [9.17, 15) is 9.59 Å². The summed E-state index contributed by atoms with van der Waals surface area (Å²) in [6.45, 7) is 3.87. The summed E-state index contributed by atoms with van der Waals surface area (Å²) in [5.74, 6) is 0.716. The van der Waals surface area contributed by atoms with Crippen LogP contribution < -0.4 is 25.4 Å². The number of thiocarbonyl (C=S) groups is 1. The number of anilines is 2. The van der Waals surface area contributed by atoms with Gasteiger partial charge >= 0.3 is 12.0 Å². The van der Waals surface area contributed by atoms with E-state index < -0.39 is 18.0 Å². The lowest BCUT2D eigenvalue weighted by atomic mass is 9.95.